The summed E-state index contributed by atoms with van der Waals surface area (Å²) in [6.07, 6.45) is -2.67. The van der Waals surface area contributed by atoms with Crippen LogP contribution in [0.1, 0.15) is 42.7 Å². The van der Waals surface area contributed by atoms with Crippen LogP contribution >= 0.6 is 0 Å². The van der Waals surface area contributed by atoms with Gasteiger partial charge in [0.05, 0.1) is 11.3 Å². The predicted octanol–water partition coefficient (Wildman–Crippen LogP) is 4.37. The number of para-hydroxylation sites is 1. The zero-order valence-electron chi connectivity index (χ0n) is 14.7. The number of hydrogen-bond acceptors (Lipinski definition) is 4. The summed E-state index contributed by atoms with van der Waals surface area (Å²) in [6, 6.07) is 7.93. The first-order valence-corrected chi connectivity index (χ1v) is 8.43. The fourth-order valence-electron chi connectivity index (χ4n) is 2.52. The first kappa shape index (κ1) is 19.7. The molecule has 0 unspecified atom stereocenters. The smallest absolute Gasteiger partial charge is 0.355 e. The molecule has 0 bridgehead atoms. The first-order valence-electron chi connectivity index (χ1n) is 8.43. The lowest BCUT2D eigenvalue weighted by atomic mass is 10.1. The Morgan fingerprint density at radius 1 is 1.04 bits per heavy atom. The van der Waals surface area contributed by atoms with Gasteiger partial charge in [-0.25, -0.2) is 0 Å². The summed E-state index contributed by atoms with van der Waals surface area (Å²) < 4.78 is 39.0. The van der Waals surface area contributed by atoms with Crippen molar-refractivity contribution in [3.05, 3.63) is 47.7 Å². The number of amides is 1. The minimum Gasteiger partial charge on any atom is -0.355 e. The molecule has 0 aliphatic carbocycles. The molecule has 0 saturated carbocycles. The van der Waals surface area contributed by atoms with Gasteiger partial charge in [0.15, 0.2) is 11.5 Å². The van der Waals surface area contributed by atoms with Crippen molar-refractivity contribution in [3.8, 4) is 0 Å². The van der Waals surface area contributed by atoms with Gasteiger partial charge < -0.3 is 10.2 Å². The highest BCUT2D eigenvalue weighted by Crippen LogP contribution is 2.34. The number of rotatable bonds is 7. The van der Waals surface area contributed by atoms with E-state index in [1.165, 1.54) is 24.3 Å². The van der Waals surface area contributed by atoms with Crippen LogP contribution in [0, 0.1) is 0 Å². The molecule has 1 N–H and O–H groups in total. The van der Waals surface area contributed by atoms with Gasteiger partial charge in [0, 0.05) is 13.1 Å². The molecule has 1 heterocycles. The number of halogens is 3. The number of nitrogens with one attached hydrogen (secondary N) is 1. The monoisotopic (exact) mass is 366 g/mol. The van der Waals surface area contributed by atoms with E-state index in [0.29, 0.717) is 5.82 Å². The van der Waals surface area contributed by atoms with E-state index in [1.54, 1.807) is 6.07 Å². The molecule has 1 amide bonds. The molecule has 0 radical (unpaired) electrons. The second-order valence-corrected chi connectivity index (χ2v) is 5.76. The van der Waals surface area contributed by atoms with E-state index in [-0.39, 0.29) is 11.4 Å². The number of nitrogens with zero attached hydrogens (tertiary/aromatic N) is 3. The van der Waals surface area contributed by atoms with Crippen LogP contribution in [0.4, 0.5) is 24.7 Å². The van der Waals surface area contributed by atoms with Crippen molar-refractivity contribution < 1.29 is 18.0 Å². The molecule has 1 aromatic heterocycles. The third-order valence-electron chi connectivity index (χ3n) is 3.67. The molecule has 5 nitrogen and oxygen atoms in total. The van der Waals surface area contributed by atoms with Crippen LogP contribution in [0.25, 0.3) is 0 Å². The number of hydrogen-bond donors (Lipinski definition) is 1. The van der Waals surface area contributed by atoms with Gasteiger partial charge >= 0.3 is 6.18 Å². The van der Waals surface area contributed by atoms with Crippen molar-refractivity contribution in [2.24, 2.45) is 0 Å². The van der Waals surface area contributed by atoms with Gasteiger partial charge in [-0.1, -0.05) is 26.0 Å². The van der Waals surface area contributed by atoms with Crippen molar-refractivity contribution in [1.29, 1.82) is 0 Å². The third kappa shape index (κ3) is 4.93. The Bertz CT molecular complexity index is 726. The normalized spacial score (nSPS) is 11.3. The molecule has 0 aliphatic rings. The largest absolute Gasteiger partial charge is 0.418 e. The van der Waals surface area contributed by atoms with Crippen LogP contribution in [-0.4, -0.2) is 29.2 Å². The van der Waals surface area contributed by atoms with Crippen molar-refractivity contribution >= 4 is 17.4 Å². The van der Waals surface area contributed by atoms with Gasteiger partial charge in [0.1, 0.15) is 0 Å². The van der Waals surface area contributed by atoms with Crippen LogP contribution in [0.15, 0.2) is 36.4 Å². The number of aromatic nitrogens is 2. The molecule has 0 atom stereocenters. The summed E-state index contributed by atoms with van der Waals surface area (Å²) in [5, 5.41) is 10.2. The Balaban J connectivity index is 2.16. The number of benzene rings is 1. The Kier molecular flexibility index (Phi) is 6.54. The molecular formula is C18H21F3N4O. The molecule has 140 valence electrons. The topological polar surface area (TPSA) is 58.1 Å². The Morgan fingerprint density at radius 2 is 1.69 bits per heavy atom. The first-order chi connectivity index (χ1) is 12.4. The van der Waals surface area contributed by atoms with Crippen LogP contribution in [0.3, 0.4) is 0 Å². The minimum atomic E-state index is -4.56. The molecule has 0 saturated heterocycles. The van der Waals surface area contributed by atoms with E-state index >= 15 is 0 Å². The number of carbonyl (C=O) groups excluding carboxylic acids is 1. The van der Waals surface area contributed by atoms with Crippen LogP contribution in [0.2, 0.25) is 0 Å². The summed E-state index contributed by atoms with van der Waals surface area (Å²) >= 11 is 0. The van der Waals surface area contributed by atoms with E-state index in [0.717, 1.165) is 32.0 Å². The van der Waals surface area contributed by atoms with Gasteiger partial charge in [0.25, 0.3) is 5.91 Å². The Labute approximate surface area is 150 Å². The van der Waals surface area contributed by atoms with E-state index in [4.69, 9.17) is 0 Å². The standard InChI is InChI=1S/C18H21F3N4O/c1-3-11-25(12-4-2)16-10-9-15(23-24-16)17(26)22-14-8-6-5-7-13(14)18(19,20)21/h5-10H,3-4,11-12H2,1-2H3,(H,22,26). The molecule has 2 aromatic rings. The van der Waals surface area contributed by atoms with Crippen LogP contribution in [0.5, 0.6) is 0 Å². The lowest BCUT2D eigenvalue weighted by molar-refractivity contribution is -0.136. The number of anilines is 2. The van der Waals surface area contributed by atoms with E-state index in [2.05, 4.69) is 29.4 Å². The average molecular weight is 366 g/mol. The highest BCUT2D eigenvalue weighted by molar-refractivity contribution is 6.03. The quantitative estimate of drug-likeness (QED) is 0.790. The maximum atomic E-state index is 13.0. The Morgan fingerprint density at radius 3 is 2.23 bits per heavy atom. The van der Waals surface area contributed by atoms with E-state index < -0.39 is 17.6 Å². The second-order valence-electron chi connectivity index (χ2n) is 5.76. The highest BCUT2D eigenvalue weighted by Gasteiger charge is 2.33. The molecule has 1 aromatic carbocycles. The number of alkyl halides is 3. The van der Waals surface area contributed by atoms with Gasteiger partial charge in [-0.05, 0) is 37.1 Å². The van der Waals surface area contributed by atoms with Crippen molar-refractivity contribution in [2.45, 2.75) is 32.9 Å². The van der Waals surface area contributed by atoms with Crippen molar-refractivity contribution in [1.82, 2.24) is 10.2 Å². The van der Waals surface area contributed by atoms with Gasteiger partial charge in [-0.15, -0.1) is 10.2 Å². The predicted molar refractivity (Wildman–Crippen MR) is 94.2 cm³/mol. The molecule has 26 heavy (non-hydrogen) atoms. The van der Waals surface area contributed by atoms with Gasteiger partial charge in [-0.3, -0.25) is 4.79 Å². The van der Waals surface area contributed by atoms with Gasteiger partial charge in [-0.2, -0.15) is 13.2 Å². The highest BCUT2D eigenvalue weighted by atomic mass is 19.4. The summed E-state index contributed by atoms with van der Waals surface area (Å²) in [6.45, 7) is 5.73. The molecule has 2 rings (SSSR count). The van der Waals surface area contributed by atoms with E-state index in [1.807, 2.05) is 4.90 Å². The molecular weight excluding hydrogens is 345 g/mol. The zero-order valence-corrected chi connectivity index (χ0v) is 14.7. The average Bonchev–Trinajstić information content (AvgIpc) is 2.61. The molecule has 8 heteroatoms. The van der Waals surface area contributed by atoms with E-state index in [9.17, 15) is 18.0 Å². The van der Waals surface area contributed by atoms with Crippen LogP contribution in [-0.2, 0) is 6.18 Å². The lowest BCUT2D eigenvalue weighted by Gasteiger charge is -2.21. The van der Waals surface area contributed by atoms with Crippen molar-refractivity contribution in [3.63, 3.8) is 0 Å². The third-order valence-corrected chi connectivity index (χ3v) is 3.67. The SMILES string of the molecule is CCCN(CCC)c1ccc(C(=O)Nc2ccccc2C(F)(F)F)nn1. The fourth-order valence-corrected chi connectivity index (χ4v) is 2.52. The van der Waals surface area contributed by atoms with Crippen molar-refractivity contribution in [2.75, 3.05) is 23.3 Å². The second kappa shape index (κ2) is 8.64. The molecule has 0 fully saturated rings. The summed E-state index contributed by atoms with van der Waals surface area (Å²) in [7, 11) is 0. The Hall–Kier alpha value is -2.64. The fraction of sp³-hybridized carbons (Fsp3) is 0.389. The molecule has 0 aliphatic heterocycles. The summed E-state index contributed by atoms with van der Waals surface area (Å²) in [5.74, 6) is -0.0979. The summed E-state index contributed by atoms with van der Waals surface area (Å²) in [4.78, 5) is 14.3. The van der Waals surface area contributed by atoms with Gasteiger partial charge in [0.2, 0.25) is 0 Å². The maximum absolute atomic E-state index is 13.0. The zero-order chi connectivity index (χ0) is 19.2. The maximum Gasteiger partial charge on any atom is 0.418 e. The summed E-state index contributed by atoms with van der Waals surface area (Å²) in [5.41, 5.74) is -1.26. The number of carbonyl (C=O) groups is 1. The molecule has 0 spiro atoms. The van der Waals surface area contributed by atoms with Crippen LogP contribution < -0.4 is 10.2 Å². The lowest BCUT2D eigenvalue weighted by Crippen LogP contribution is -2.26. The minimum absolute atomic E-state index is 0.0429.